The molecule has 6 rings (SSSR count). The van der Waals surface area contributed by atoms with Gasteiger partial charge in [0.05, 0.1) is 6.26 Å². The first-order chi connectivity index (χ1) is 18.1. The molecule has 0 radical (unpaired) electrons. The Morgan fingerprint density at radius 2 is 1.89 bits per heavy atom. The summed E-state index contributed by atoms with van der Waals surface area (Å²) >= 11 is 0. The van der Waals surface area contributed by atoms with Crippen LogP contribution in [0.3, 0.4) is 0 Å². The second-order valence-electron chi connectivity index (χ2n) is 9.26. The Bertz CT molecular complexity index is 1560. The van der Waals surface area contributed by atoms with Gasteiger partial charge >= 0.3 is 0 Å². The molecular formula is C29H27FN6O. The van der Waals surface area contributed by atoms with Gasteiger partial charge < -0.3 is 9.73 Å². The van der Waals surface area contributed by atoms with Crippen molar-refractivity contribution in [3.05, 3.63) is 107 Å². The minimum Gasteiger partial charge on any atom is -0.461 e. The molecule has 0 fully saturated rings. The molecule has 1 aliphatic heterocycles. The Kier molecular flexibility index (Phi) is 6.24. The highest BCUT2D eigenvalue weighted by Crippen LogP contribution is 2.26. The molecule has 186 valence electrons. The van der Waals surface area contributed by atoms with Crippen molar-refractivity contribution in [1.82, 2.24) is 24.5 Å². The van der Waals surface area contributed by atoms with Gasteiger partial charge in [-0.3, -0.25) is 4.90 Å². The second-order valence-corrected chi connectivity index (χ2v) is 9.26. The van der Waals surface area contributed by atoms with Crippen LogP contribution in [-0.2, 0) is 13.1 Å². The predicted molar refractivity (Wildman–Crippen MR) is 141 cm³/mol. The minimum absolute atomic E-state index is 0.211. The van der Waals surface area contributed by atoms with Crippen LogP contribution in [0.1, 0.15) is 28.7 Å². The molecule has 2 aromatic carbocycles. The first-order valence-electron chi connectivity index (χ1n) is 12.4. The van der Waals surface area contributed by atoms with Gasteiger partial charge in [0.1, 0.15) is 5.82 Å². The number of hydrogen-bond acceptors (Lipinski definition) is 6. The number of furan rings is 1. The summed E-state index contributed by atoms with van der Waals surface area (Å²) in [5.74, 6) is 1.56. The fraction of sp³-hybridized carbons (Fsp3) is 0.207. The third-order valence-corrected chi connectivity index (χ3v) is 6.78. The quantitative estimate of drug-likeness (QED) is 0.311. The lowest BCUT2D eigenvalue weighted by atomic mass is 9.99. The van der Waals surface area contributed by atoms with E-state index in [0.29, 0.717) is 30.6 Å². The Morgan fingerprint density at radius 1 is 1.03 bits per heavy atom. The van der Waals surface area contributed by atoms with Crippen molar-refractivity contribution in [3.8, 4) is 11.6 Å². The van der Waals surface area contributed by atoms with Crippen LogP contribution in [0.5, 0.6) is 0 Å². The molecule has 1 aliphatic rings. The molecule has 0 aliphatic carbocycles. The Morgan fingerprint density at radius 3 is 2.65 bits per heavy atom. The summed E-state index contributed by atoms with van der Waals surface area (Å²) in [7, 11) is 0. The van der Waals surface area contributed by atoms with Crippen molar-refractivity contribution in [2.24, 2.45) is 0 Å². The average Bonchev–Trinajstić information content (AvgIpc) is 3.61. The summed E-state index contributed by atoms with van der Waals surface area (Å²) in [5, 5.41) is 8.16. The molecule has 8 heteroatoms. The molecule has 0 saturated carbocycles. The van der Waals surface area contributed by atoms with Crippen molar-refractivity contribution < 1.29 is 8.81 Å². The highest BCUT2D eigenvalue weighted by molar-refractivity contribution is 5.66. The van der Waals surface area contributed by atoms with Gasteiger partial charge in [0.15, 0.2) is 11.4 Å². The summed E-state index contributed by atoms with van der Waals surface area (Å²) < 4.78 is 20.6. The van der Waals surface area contributed by atoms with E-state index in [2.05, 4.69) is 35.3 Å². The Balaban J connectivity index is 1.26. The van der Waals surface area contributed by atoms with E-state index in [-0.39, 0.29) is 5.82 Å². The molecule has 0 unspecified atom stereocenters. The largest absolute Gasteiger partial charge is 0.461 e. The summed E-state index contributed by atoms with van der Waals surface area (Å²) in [5.41, 5.74) is 6.49. The van der Waals surface area contributed by atoms with E-state index in [1.54, 1.807) is 10.8 Å². The number of fused-ring (bicyclic) bond motifs is 1. The van der Waals surface area contributed by atoms with E-state index in [1.165, 1.54) is 28.8 Å². The first kappa shape index (κ1) is 23.1. The van der Waals surface area contributed by atoms with Crippen LogP contribution in [0.15, 0.2) is 83.6 Å². The third kappa shape index (κ3) is 4.88. The minimum atomic E-state index is -0.211. The zero-order valence-corrected chi connectivity index (χ0v) is 20.6. The highest BCUT2D eigenvalue weighted by Gasteiger charge is 2.19. The normalized spacial score (nSPS) is 14.2. The van der Waals surface area contributed by atoms with Crippen molar-refractivity contribution in [3.63, 3.8) is 0 Å². The van der Waals surface area contributed by atoms with Crippen LogP contribution in [0, 0.1) is 12.7 Å². The predicted octanol–water partition coefficient (Wildman–Crippen LogP) is 5.73. The zero-order chi connectivity index (χ0) is 25.2. The van der Waals surface area contributed by atoms with Crippen molar-refractivity contribution in [2.75, 3.05) is 18.4 Å². The summed E-state index contributed by atoms with van der Waals surface area (Å²) in [6.07, 6.45) is 6.62. The molecule has 0 amide bonds. The molecule has 1 N–H and O–H groups in total. The maximum atomic E-state index is 13.3. The van der Waals surface area contributed by atoms with Crippen LogP contribution >= 0.6 is 0 Å². The molecule has 0 atom stereocenters. The fourth-order valence-corrected chi connectivity index (χ4v) is 4.67. The number of hydrogen-bond donors (Lipinski definition) is 1. The van der Waals surface area contributed by atoms with E-state index >= 15 is 0 Å². The summed E-state index contributed by atoms with van der Waals surface area (Å²) in [6.45, 7) is 5.11. The van der Waals surface area contributed by atoms with Crippen molar-refractivity contribution in [1.29, 1.82) is 0 Å². The molecule has 0 spiro atoms. The molecule has 0 bridgehead atoms. The number of anilines is 1. The van der Waals surface area contributed by atoms with Crippen molar-refractivity contribution >= 4 is 17.2 Å². The molecule has 4 heterocycles. The molecule has 37 heavy (non-hydrogen) atoms. The van der Waals surface area contributed by atoms with Gasteiger partial charge in [0.2, 0.25) is 11.8 Å². The third-order valence-electron chi connectivity index (χ3n) is 6.78. The van der Waals surface area contributed by atoms with Gasteiger partial charge in [-0.2, -0.15) is 4.52 Å². The van der Waals surface area contributed by atoms with Gasteiger partial charge in [0, 0.05) is 37.9 Å². The number of rotatable bonds is 7. The second kappa shape index (κ2) is 9.99. The molecule has 7 nitrogen and oxygen atoms in total. The van der Waals surface area contributed by atoms with Crippen LogP contribution < -0.4 is 5.32 Å². The van der Waals surface area contributed by atoms with Gasteiger partial charge in [-0.25, -0.2) is 14.4 Å². The van der Waals surface area contributed by atoms with Gasteiger partial charge in [0.25, 0.3) is 0 Å². The lowest BCUT2D eigenvalue weighted by Crippen LogP contribution is -2.28. The van der Waals surface area contributed by atoms with Crippen LogP contribution in [0.2, 0.25) is 0 Å². The van der Waals surface area contributed by atoms with Gasteiger partial charge in [-0.1, -0.05) is 42.5 Å². The highest BCUT2D eigenvalue weighted by atomic mass is 19.1. The van der Waals surface area contributed by atoms with Crippen LogP contribution in [-0.4, -0.2) is 37.6 Å². The SMILES string of the molecule is Cc1ccccc1CNc1ncc(CN2CC=C(c3ccc(F)cc3)CC2)c2nc(-c3ccco3)nn12. The van der Waals surface area contributed by atoms with Crippen LogP contribution in [0.4, 0.5) is 10.3 Å². The topological polar surface area (TPSA) is 71.5 Å². The first-order valence-corrected chi connectivity index (χ1v) is 12.4. The lowest BCUT2D eigenvalue weighted by Gasteiger charge is -2.26. The Labute approximate surface area is 214 Å². The number of aromatic nitrogens is 4. The van der Waals surface area contributed by atoms with Gasteiger partial charge in [-0.15, -0.1) is 5.10 Å². The zero-order valence-electron chi connectivity index (χ0n) is 20.6. The van der Waals surface area contributed by atoms with Gasteiger partial charge in [-0.05, 0) is 59.9 Å². The fourth-order valence-electron chi connectivity index (χ4n) is 4.67. The summed E-state index contributed by atoms with van der Waals surface area (Å²) in [4.78, 5) is 11.9. The number of benzene rings is 2. The van der Waals surface area contributed by atoms with E-state index in [4.69, 9.17) is 19.5 Å². The average molecular weight is 495 g/mol. The van der Waals surface area contributed by atoms with E-state index < -0.39 is 0 Å². The number of nitrogens with zero attached hydrogens (tertiary/aromatic N) is 5. The number of aryl methyl sites for hydroxylation is 1. The number of nitrogens with one attached hydrogen (secondary N) is 1. The van der Waals surface area contributed by atoms with E-state index in [9.17, 15) is 4.39 Å². The standard InChI is InChI=1S/C29H27FN6O/c1-20-5-2-3-6-23(20)17-31-29-32-18-24(28-33-27(34-36(28)29)26-7-4-16-37-26)19-35-14-12-22(13-15-35)21-8-10-25(30)11-9-21/h2-12,16,18H,13-15,17,19H2,1H3,(H,31,32). The molecule has 3 aromatic heterocycles. The monoisotopic (exact) mass is 494 g/mol. The van der Waals surface area contributed by atoms with E-state index in [1.807, 2.05) is 42.6 Å². The Hall–Kier alpha value is -4.30. The maximum Gasteiger partial charge on any atom is 0.226 e. The molecule has 5 aromatic rings. The molecular weight excluding hydrogens is 467 g/mol. The van der Waals surface area contributed by atoms with E-state index in [0.717, 1.165) is 36.3 Å². The molecule has 0 saturated heterocycles. The number of halogens is 1. The smallest absolute Gasteiger partial charge is 0.226 e. The maximum absolute atomic E-state index is 13.3. The summed E-state index contributed by atoms with van der Waals surface area (Å²) in [6, 6.07) is 18.7. The lowest BCUT2D eigenvalue weighted by molar-refractivity contribution is 0.294. The van der Waals surface area contributed by atoms with Crippen LogP contribution in [0.25, 0.3) is 22.8 Å². The van der Waals surface area contributed by atoms with Crippen molar-refractivity contribution in [2.45, 2.75) is 26.4 Å².